The molecule has 0 radical (unpaired) electrons. The van der Waals surface area contributed by atoms with Crippen molar-refractivity contribution >= 4 is 56.9 Å². The number of piperidine rings is 1. The zero-order chi connectivity index (χ0) is 27.3. The van der Waals surface area contributed by atoms with Crippen LogP contribution < -0.4 is 15.5 Å². The molecule has 5 heterocycles. The fraction of sp³-hybridized carbons (Fsp3) is 0.481. The molecule has 204 valence electrons. The fourth-order valence-electron chi connectivity index (χ4n) is 6.03. The lowest BCUT2D eigenvalue weighted by Gasteiger charge is -2.41. The van der Waals surface area contributed by atoms with Crippen LogP contribution >= 0.6 is 11.3 Å². The maximum Gasteiger partial charge on any atom is 0.324 e. The van der Waals surface area contributed by atoms with E-state index in [0.717, 1.165) is 39.2 Å². The molecule has 0 atom stereocenters. The highest BCUT2D eigenvalue weighted by Crippen LogP contribution is 2.43. The van der Waals surface area contributed by atoms with Crippen LogP contribution in [0.1, 0.15) is 59.7 Å². The predicted molar refractivity (Wildman–Crippen MR) is 150 cm³/mol. The van der Waals surface area contributed by atoms with Crippen LogP contribution in [0.3, 0.4) is 0 Å². The number of nitrogens with one attached hydrogen (secondary N) is 2. The molecule has 3 fully saturated rings. The number of urea groups is 1. The van der Waals surface area contributed by atoms with E-state index in [1.807, 2.05) is 12.1 Å². The standard InChI is InChI=1S/C27H32N8O3S/c1-33(2)23(36)22-20(16-6-4-5-7-16)21-18(39-22)15-29-25(31-21)30-19-9-8-17(14-28-19)35-12-10-27(11-13-35)24(37)32-26(38)34(27)3/h8-9,14-16H,4-7,10-13H2,1-3H3,(H,32,37,38)(H,28,29,30,31). The zero-order valence-corrected chi connectivity index (χ0v) is 23.2. The topological polar surface area (TPSA) is 124 Å². The van der Waals surface area contributed by atoms with Gasteiger partial charge in [0.05, 0.1) is 33.2 Å². The number of nitrogens with zero attached hydrogens (tertiary/aromatic N) is 6. The third-order valence-electron chi connectivity index (χ3n) is 8.36. The summed E-state index contributed by atoms with van der Waals surface area (Å²) in [6.45, 7) is 1.30. The van der Waals surface area contributed by atoms with E-state index in [-0.39, 0.29) is 17.8 Å². The second-order valence-corrected chi connectivity index (χ2v) is 11.8. The summed E-state index contributed by atoms with van der Waals surface area (Å²) in [5, 5.41) is 5.65. The molecule has 2 aliphatic heterocycles. The Balaban J connectivity index is 1.19. The molecule has 1 aliphatic carbocycles. The lowest BCUT2D eigenvalue weighted by molar-refractivity contribution is -0.127. The van der Waals surface area contributed by atoms with E-state index in [4.69, 9.17) is 4.98 Å². The minimum absolute atomic E-state index is 0.0158. The van der Waals surface area contributed by atoms with E-state index < -0.39 is 5.54 Å². The van der Waals surface area contributed by atoms with Gasteiger partial charge < -0.3 is 20.0 Å². The molecular weight excluding hydrogens is 516 g/mol. The number of likely N-dealkylation sites (N-methyl/N-ethyl adjacent to an activating group) is 1. The molecule has 12 heteroatoms. The Labute approximate surface area is 230 Å². The van der Waals surface area contributed by atoms with Crippen LogP contribution in [0.5, 0.6) is 0 Å². The Morgan fingerprint density at radius 1 is 1.13 bits per heavy atom. The third-order valence-corrected chi connectivity index (χ3v) is 9.48. The number of fused-ring (bicyclic) bond motifs is 1. The number of carbonyl (C=O) groups is 3. The van der Waals surface area contributed by atoms with Gasteiger partial charge in [-0.3, -0.25) is 14.9 Å². The Morgan fingerprint density at radius 2 is 1.87 bits per heavy atom. The smallest absolute Gasteiger partial charge is 0.324 e. The molecule has 3 aliphatic rings. The Morgan fingerprint density at radius 3 is 2.49 bits per heavy atom. The summed E-state index contributed by atoms with van der Waals surface area (Å²) in [6.07, 6.45) is 9.21. The van der Waals surface area contributed by atoms with Crippen molar-refractivity contribution in [3.05, 3.63) is 35.0 Å². The molecule has 0 bridgehead atoms. The summed E-state index contributed by atoms with van der Waals surface area (Å²) < 4.78 is 0.919. The summed E-state index contributed by atoms with van der Waals surface area (Å²) in [6, 6.07) is 3.54. The van der Waals surface area contributed by atoms with Crippen LogP contribution in [-0.2, 0) is 4.79 Å². The van der Waals surface area contributed by atoms with E-state index in [0.29, 0.717) is 43.6 Å². The average Bonchev–Trinajstić information content (AvgIpc) is 3.64. The lowest BCUT2D eigenvalue weighted by Crippen LogP contribution is -2.55. The van der Waals surface area contributed by atoms with E-state index in [9.17, 15) is 14.4 Å². The van der Waals surface area contributed by atoms with Crippen molar-refractivity contribution < 1.29 is 14.4 Å². The van der Waals surface area contributed by atoms with E-state index in [1.54, 1.807) is 43.3 Å². The van der Waals surface area contributed by atoms with Crippen molar-refractivity contribution in [2.45, 2.75) is 50.0 Å². The first-order valence-corrected chi connectivity index (χ1v) is 14.2. The molecule has 4 amide bonds. The molecular formula is C27H32N8O3S. The second kappa shape index (κ2) is 9.74. The normalized spacial score (nSPS) is 19.3. The van der Waals surface area contributed by atoms with Crippen molar-refractivity contribution in [3.8, 4) is 0 Å². The van der Waals surface area contributed by atoms with Gasteiger partial charge in [0, 0.05) is 39.8 Å². The van der Waals surface area contributed by atoms with E-state index >= 15 is 0 Å². The van der Waals surface area contributed by atoms with Crippen LogP contribution in [0.4, 0.5) is 22.2 Å². The highest BCUT2D eigenvalue weighted by Gasteiger charge is 2.52. The van der Waals surface area contributed by atoms with Crippen LogP contribution in [0, 0.1) is 0 Å². The SMILES string of the molecule is CN(C)C(=O)c1sc2cnc(Nc3ccc(N4CCC5(CC4)C(=O)NC(=O)N5C)cn3)nc2c1C1CCCC1. The van der Waals surface area contributed by atoms with E-state index in [2.05, 4.69) is 25.5 Å². The number of hydrogen-bond donors (Lipinski definition) is 2. The van der Waals surface area contributed by atoms with Gasteiger partial charge in [-0.1, -0.05) is 12.8 Å². The van der Waals surface area contributed by atoms with Gasteiger partial charge in [0.15, 0.2) is 0 Å². The largest absolute Gasteiger partial charge is 0.370 e. The minimum atomic E-state index is -0.755. The van der Waals surface area contributed by atoms with Crippen LogP contribution in [-0.4, -0.2) is 82.4 Å². The molecule has 11 nitrogen and oxygen atoms in total. The first-order chi connectivity index (χ1) is 18.8. The molecule has 1 spiro atoms. The number of aromatic nitrogens is 3. The molecule has 2 N–H and O–H groups in total. The van der Waals surface area contributed by atoms with Gasteiger partial charge in [-0.05, 0) is 43.7 Å². The maximum absolute atomic E-state index is 13.0. The molecule has 0 aromatic carbocycles. The molecule has 0 unspecified atom stereocenters. The first-order valence-electron chi connectivity index (χ1n) is 13.4. The Bertz CT molecular complexity index is 1440. The van der Waals surface area contributed by atoms with Crippen LogP contribution in [0.2, 0.25) is 0 Å². The summed E-state index contributed by atoms with van der Waals surface area (Å²) in [4.78, 5) is 57.4. The number of imide groups is 1. The van der Waals surface area contributed by atoms with Gasteiger partial charge >= 0.3 is 6.03 Å². The molecule has 2 saturated heterocycles. The predicted octanol–water partition coefficient (Wildman–Crippen LogP) is 3.71. The number of pyridine rings is 1. The second-order valence-electron chi connectivity index (χ2n) is 10.8. The minimum Gasteiger partial charge on any atom is -0.370 e. The van der Waals surface area contributed by atoms with Crippen LogP contribution in [0.15, 0.2) is 24.5 Å². The van der Waals surface area contributed by atoms with Gasteiger partial charge in [0.25, 0.3) is 11.8 Å². The number of rotatable bonds is 5. The van der Waals surface area contributed by atoms with Gasteiger partial charge in [-0.15, -0.1) is 11.3 Å². The zero-order valence-electron chi connectivity index (χ0n) is 22.4. The molecule has 3 aromatic rings. The van der Waals surface area contributed by atoms with Crippen molar-refractivity contribution in [1.29, 1.82) is 0 Å². The van der Waals surface area contributed by atoms with Crippen molar-refractivity contribution in [3.63, 3.8) is 0 Å². The number of hydrogen-bond acceptors (Lipinski definition) is 9. The highest BCUT2D eigenvalue weighted by atomic mass is 32.1. The summed E-state index contributed by atoms with van der Waals surface area (Å²) in [5.74, 6) is 1.22. The van der Waals surface area contributed by atoms with Crippen molar-refractivity contribution in [2.24, 2.45) is 0 Å². The third kappa shape index (κ3) is 4.36. The van der Waals surface area contributed by atoms with Crippen molar-refractivity contribution in [1.82, 2.24) is 30.1 Å². The monoisotopic (exact) mass is 548 g/mol. The number of thiophene rings is 1. The summed E-state index contributed by atoms with van der Waals surface area (Å²) in [7, 11) is 5.25. The quantitative estimate of drug-likeness (QED) is 0.463. The van der Waals surface area contributed by atoms with E-state index in [1.165, 1.54) is 24.2 Å². The first kappa shape index (κ1) is 25.5. The number of carbonyl (C=O) groups excluding carboxylic acids is 3. The lowest BCUT2D eigenvalue weighted by atomic mass is 9.86. The summed E-state index contributed by atoms with van der Waals surface area (Å²) >= 11 is 1.48. The molecule has 1 saturated carbocycles. The number of anilines is 3. The summed E-state index contributed by atoms with van der Waals surface area (Å²) in [5.41, 5.74) is 2.11. The molecule has 39 heavy (non-hydrogen) atoms. The average molecular weight is 549 g/mol. The maximum atomic E-state index is 13.0. The number of amides is 4. The van der Waals surface area contributed by atoms with Gasteiger partial charge in [-0.25, -0.2) is 19.7 Å². The van der Waals surface area contributed by atoms with Crippen molar-refractivity contribution in [2.75, 3.05) is 44.4 Å². The van der Waals surface area contributed by atoms with Gasteiger partial charge in [-0.2, -0.15) is 0 Å². The van der Waals surface area contributed by atoms with Gasteiger partial charge in [0.1, 0.15) is 11.4 Å². The highest BCUT2D eigenvalue weighted by molar-refractivity contribution is 7.21. The Kier molecular flexibility index (Phi) is 6.37. The Hall–Kier alpha value is -3.80. The molecule has 3 aromatic heterocycles. The van der Waals surface area contributed by atoms with Gasteiger partial charge in [0.2, 0.25) is 5.95 Å². The van der Waals surface area contributed by atoms with Crippen LogP contribution in [0.25, 0.3) is 10.2 Å². The molecule has 6 rings (SSSR count). The fourth-order valence-corrected chi connectivity index (χ4v) is 7.25.